The fourth-order valence-electron chi connectivity index (χ4n) is 3.56. The Hall–Kier alpha value is -2.06. The summed E-state index contributed by atoms with van der Waals surface area (Å²) >= 11 is 0. The maximum absolute atomic E-state index is 12.9. The average molecular weight is 371 g/mol. The topological polar surface area (TPSA) is 73.9 Å². The predicted octanol–water partition coefficient (Wildman–Crippen LogP) is 2.95. The van der Waals surface area contributed by atoms with Crippen LogP contribution in [0.2, 0.25) is 0 Å². The van der Waals surface area contributed by atoms with Gasteiger partial charge in [0.1, 0.15) is 11.3 Å². The van der Waals surface area contributed by atoms with Crippen molar-refractivity contribution in [3.05, 3.63) is 39.7 Å². The number of phenols is 1. The molecule has 3 rings (SSSR count). The number of alkyl halides is 3. The van der Waals surface area contributed by atoms with Crippen LogP contribution in [-0.2, 0) is 13.0 Å². The van der Waals surface area contributed by atoms with E-state index in [4.69, 9.17) is 4.42 Å². The van der Waals surface area contributed by atoms with Gasteiger partial charge in [-0.2, -0.15) is 13.2 Å². The van der Waals surface area contributed by atoms with E-state index in [1.807, 2.05) is 6.92 Å². The lowest BCUT2D eigenvalue weighted by atomic mass is 10.0. The summed E-state index contributed by atoms with van der Waals surface area (Å²) in [5, 5.41) is 20.2. The minimum atomic E-state index is -4.69. The van der Waals surface area contributed by atoms with Gasteiger partial charge in [-0.1, -0.05) is 6.92 Å². The van der Waals surface area contributed by atoms with Crippen molar-refractivity contribution in [2.75, 3.05) is 6.54 Å². The van der Waals surface area contributed by atoms with Crippen molar-refractivity contribution in [2.24, 2.45) is 0 Å². The van der Waals surface area contributed by atoms with Gasteiger partial charge in [0.05, 0.1) is 0 Å². The number of phenolic OH excluding ortho intramolecular Hbond substituents is 1. The van der Waals surface area contributed by atoms with E-state index < -0.39 is 23.9 Å². The molecule has 1 fully saturated rings. The molecule has 2 heterocycles. The number of aliphatic hydroxyl groups is 1. The molecular formula is C18H20F3NO4. The quantitative estimate of drug-likeness (QED) is 0.809. The number of benzene rings is 1. The molecule has 1 saturated heterocycles. The number of aliphatic hydroxyl groups excluding tert-OH is 1. The first-order valence-electron chi connectivity index (χ1n) is 8.48. The molecule has 1 aromatic heterocycles. The van der Waals surface area contributed by atoms with Crippen LogP contribution >= 0.6 is 0 Å². The lowest BCUT2D eigenvalue weighted by Crippen LogP contribution is -2.46. The van der Waals surface area contributed by atoms with Crippen LogP contribution in [-0.4, -0.2) is 40.0 Å². The first-order chi connectivity index (χ1) is 12.2. The van der Waals surface area contributed by atoms with E-state index in [1.165, 1.54) is 12.1 Å². The van der Waals surface area contributed by atoms with E-state index in [1.54, 1.807) is 11.0 Å². The molecule has 2 aromatic rings. The zero-order valence-electron chi connectivity index (χ0n) is 14.2. The number of rotatable bonds is 4. The van der Waals surface area contributed by atoms with Crippen molar-refractivity contribution in [3.63, 3.8) is 0 Å². The van der Waals surface area contributed by atoms with Crippen LogP contribution in [0, 0.1) is 0 Å². The summed E-state index contributed by atoms with van der Waals surface area (Å²) in [6.45, 7) is 2.35. The maximum Gasteiger partial charge on any atom is 0.415 e. The number of aryl methyl sites for hydroxylation is 1. The number of hydrogen-bond acceptors (Lipinski definition) is 5. The molecule has 0 bridgehead atoms. The second-order valence-electron chi connectivity index (χ2n) is 6.59. The number of nitrogens with zero attached hydrogens (tertiary/aromatic N) is 1. The van der Waals surface area contributed by atoms with Crippen LogP contribution in [0.5, 0.6) is 5.75 Å². The van der Waals surface area contributed by atoms with Crippen LogP contribution < -0.4 is 5.63 Å². The first kappa shape index (κ1) is 18.7. The highest BCUT2D eigenvalue weighted by Crippen LogP contribution is 2.33. The van der Waals surface area contributed by atoms with Gasteiger partial charge in [-0.15, -0.1) is 0 Å². The smallest absolute Gasteiger partial charge is 0.415 e. The molecule has 0 aliphatic carbocycles. The zero-order valence-corrected chi connectivity index (χ0v) is 14.2. The third kappa shape index (κ3) is 3.57. The van der Waals surface area contributed by atoms with Gasteiger partial charge >= 0.3 is 11.8 Å². The molecule has 2 unspecified atom stereocenters. The molecule has 1 aliphatic heterocycles. The van der Waals surface area contributed by atoms with Crippen molar-refractivity contribution in [1.82, 2.24) is 4.90 Å². The third-order valence-electron chi connectivity index (χ3n) is 4.90. The molecule has 5 nitrogen and oxygen atoms in total. The van der Waals surface area contributed by atoms with Gasteiger partial charge in [-0.05, 0) is 43.0 Å². The Morgan fingerprint density at radius 3 is 2.69 bits per heavy atom. The van der Waals surface area contributed by atoms with Gasteiger partial charge in [0.15, 0.2) is 6.10 Å². The number of likely N-dealkylation sites (tertiary alicyclic amines) is 1. The highest BCUT2D eigenvalue weighted by Gasteiger charge is 2.47. The fourth-order valence-corrected chi connectivity index (χ4v) is 3.56. The monoisotopic (exact) mass is 371 g/mol. The molecule has 26 heavy (non-hydrogen) atoms. The molecule has 0 radical (unpaired) electrons. The van der Waals surface area contributed by atoms with Crippen LogP contribution in [0.25, 0.3) is 11.0 Å². The van der Waals surface area contributed by atoms with Crippen LogP contribution in [0.3, 0.4) is 0 Å². The highest BCUT2D eigenvalue weighted by atomic mass is 19.4. The van der Waals surface area contributed by atoms with E-state index in [9.17, 15) is 28.2 Å². The second kappa shape index (κ2) is 6.92. The summed E-state index contributed by atoms with van der Waals surface area (Å²) in [5.41, 5.74) is 0.728. The van der Waals surface area contributed by atoms with Crippen LogP contribution in [0.4, 0.5) is 13.2 Å². The molecule has 2 N–H and O–H groups in total. The highest BCUT2D eigenvalue weighted by molar-refractivity contribution is 5.82. The van der Waals surface area contributed by atoms with E-state index in [-0.39, 0.29) is 24.3 Å². The second-order valence-corrected chi connectivity index (χ2v) is 6.59. The zero-order chi connectivity index (χ0) is 19.1. The molecule has 0 spiro atoms. The standard InChI is InChI=1S/C18H20F3NO4/c1-2-10-6-12-11(7-16(24)26-15(12)8-14(10)23)9-22-5-3-4-13(22)17(25)18(19,20)21/h6-8,13,17,23,25H,2-5,9H2,1H3. The van der Waals surface area contributed by atoms with E-state index in [0.717, 1.165) is 0 Å². The van der Waals surface area contributed by atoms with E-state index >= 15 is 0 Å². The van der Waals surface area contributed by atoms with Crippen molar-refractivity contribution >= 4 is 11.0 Å². The fraction of sp³-hybridized carbons (Fsp3) is 0.500. The molecule has 1 aliphatic rings. The van der Waals surface area contributed by atoms with Crippen LogP contribution in [0.15, 0.2) is 27.4 Å². The molecule has 1 aromatic carbocycles. The SMILES string of the molecule is CCc1cc2c(CN3CCCC3C(O)C(F)(F)F)cc(=O)oc2cc1O. The van der Waals surface area contributed by atoms with Gasteiger partial charge in [-0.3, -0.25) is 4.90 Å². The average Bonchev–Trinajstić information content (AvgIpc) is 3.00. The minimum absolute atomic E-state index is 0.00634. The first-order valence-corrected chi connectivity index (χ1v) is 8.48. The van der Waals surface area contributed by atoms with Gasteiger partial charge in [0.2, 0.25) is 0 Å². The molecular weight excluding hydrogens is 351 g/mol. The number of aromatic hydroxyl groups is 1. The van der Waals surface area contributed by atoms with E-state index in [0.29, 0.717) is 35.9 Å². The summed E-state index contributed by atoms with van der Waals surface area (Å²) in [4.78, 5) is 13.4. The van der Waals surface area contributed by atoms with Gasteiger partial charge in [0.25, 0.3) is 0 Å². The Kier molecular flexibility index (Phi) is 4.98. The summed E-state index contributed by atoms with van der Waals surface area (Å²) in [6.07, 6.45) is -5.78. The van der Waals surface area contributed by atoms with Crippen molar-refractivity contribution in [3.8, 4) is 5.75 Å². The maximum atomic E-state index is 12.9. The minimum Gasteiger partial charge on any atom is -0.508 e. The predicted molar refractivity (Wildman–Crippen MR) is 89.0 cm³/mol. The molecule has 142 valence electrons. The van der Waals surface area contributed by atoms with Crippen molar-refractivity contribution in [2.45, 2.75) is 51.1 Å². The lowest BCUT2D eigenvalue weighted by Gasteiger charge is -2.30. The Balaban J connectivity index is 1.99. The van der Waals surface area contributed by atoms with E-state index in [2.05, 4.69) is 0 Å². The summed E-state index contributed by atoms with van der Waals surface area (Å²) in [5.74, 6) is 0.00634. The number of hydrogen-bond donors (Lipinski definition) is 2. The Morgan fingerprint density at radius 2 is 2.04 bits per heavy atom. The van der Waals surface area contributed by atoms with Gasteiger partial charge in [-0.25, -0.2) is 4.79 Å². The van der Waals surface area contributed by atoms with Crippen LogP contribution in [0.1, 0.15) is 30.9 Å². The largest absolute Gasteiger partial charge is 0.508 e. The number of fused-ring (bicyclic) bond motifs is 1. The number of halogens is 3. The Bertz CT molecular complexity index is 862. The van der Waals surface area contributed by atoms with Gasteiger partial charge in [0, 0.05) is 30.1 Å². The van der Waals surface area contributed by atoms with Gasteiger partial charge < -0.3 is 14.6 Å². The van der Waals surface area contributed by atoms with Crippen molar-refractivity contribution in [1.29, 1.82) is 0 Å². The third-order valence-corrected chi connectivity index (χ3v) is 4.90. The molecule has 8 heteroatoms. The summed E-state index contributed by atoms with van der Waals surface area (Å²) in [7, 11) is 0. The summed E-state index contributed by atoms with van der Waals surface area (Å²) in [6, 6.07) is 3.26. The molecule has 0 amide bonds. The summed E-state index contributed by atoms with van der Waals surface area (Å²) < 4.78 is 43.8. The Morgan fingerprint density at radius 1 is 1.31 bits per heavy atom. The molecule has 0 saturated carbocycles. The lowest BCUT2D eigenvalue weighted by molar-refractivity contribution is -0.219. The normalized spacial score (nSPS) is 20.0. The van der Waals surface area contributed by atoms with Crippen molar-refractivity contribution < 1.29 is 27.8 Å². The Labute approximate surface area is 147 Å². The molecule has 2 atom stereocenters.